The van der Waals surface area contributed by atoms with Gasteiger partial charge in [0.05, 0.1) is 93.9 Å². The van der Waals surface area contributed by atoms with E-state index < -0.39 is 24.8 Å². The lowest BCUT2D eigenvalue weighted by molar-refractivity contribution is -0.154. The number of alkyl halides is 1. The first kappa shape index (κ1) is 109. The van der Waals surface area contributed by atoms with Gasteiger partial charge in [0.25, 0.3) is 5.78 Å². The second kappa shape index (κ2) is 63.4. The molecule has 0 bridgehead atoms. The van der Waals surface area contributed by atoms with E-state index in [0.717, 1.165) is 200 Å². The first-order chi connectivity index (χ1) is 65.1. The Hall–Kier alpha value is -12.7. The first-order valence-corrected chi connectivity index (χ1v) is 47.1. The van der Waals surface area contributed by atoms with Crippen LogP contribution >= 0.6 is 0 Å². The Bertz CT molecular complexity index is 5360. The molecule has 0 aliphatic heterocycles. The van der Waals surface area contributed by atoms with Crippen molar-refractivity contribution in [2.75, 3.05) is 33.6 Å². The zero-order chi connectivity index (χ0) is 98.0. The standard InChI is InChI=1S/2C17H22N2O2.C16H20N2O2.C16H20O4.2C15H20N2O.C12H16O.CH3F/c1-4-6-12-14-15(17(20)21-5-2)18-19(3)16(14)13-10-8-7-9-11-13;1-4-6-12-14-15(13-10-8-7-9-11-13)18-19(3)16(14)17(20)21-5-2;1-3-5-11-13-14(12-9-7-6-8-10-12)17-18-15(13)16(19)20-4-2;1-3-5-11-13(15(18)16(19)20-4-2)14(17)12-9-7-6-8-10-12;1-3-4-10-13-14(11-18)17(2)16-15(13)12-8-6-5-7-9-12;1-3-4-10-13-14(11-18)16-17(2)15(13)12-8-6-5-7-9-12;1-2-3-5-10-12(13)11-8-6-4-7-9-11;1-2/h2*7-11H,4-6,12H2,1-3H3;6-10H,3-5,11H2,1-2H3,(H,17,18);6-10,13H,3-5,11H2,1-2H3;2*5-9,18H,3-4,10-11H2,1-2H3;4,6-9H,2-3,5,10H2,1H3;1H3/i;;;;;;;1D. The minimum Gasteiger partial charge on any atom is -0.461 e. The van der Waals surface area contributed by atoms with Crippen molar-refractivity contribution >= 4 is 41.2 Å². The molecule has 12 rings (SSSR count). The summed E-state index contributed by atoms with van der Waals surface area (Å²) in [5.74, 6) is -3.58. The normalized spacial score (nSPS) is 10.7. The molecule has 24 heteroatoms. The molecule has 5 heterocycles. The molecule has 714 valence electrons. The highest BCUT2D eigenvalue weighted by Crippen LogP contribution is 2.33. The number of ether oxygens (including phenoxy) is 4. The number of aliphatic hydroxyl groups excluding tert-OH is 2. The zero-order valence-corrected chi connectivity index (χ0v) is 81.1. The summed E-state index contributed by atoms with van der Waals surface area (Å²) < 4.78 is 42.7. The van der Waals surface area contributed by atoms with Crippen LogP contribution in [0, 0.1) is 5.92 Å². The monoisotopic (exact) mass is 1820 g/mol. The number of carbonyl (C=O) groups excluding carboxylic acids is 7. The second-order valence-corrected chi connectivity index (χ2v) is 31.4. The smallest absolute Gasteiger partial charge is 0.375 e. The predicted molar refractivity (Wildman–Crippen MR) is 529 cm³/mol. The number of halogens is 1. The molecule has 0 saturated heterocycles. The SMILES string of the molecule is CCCCC(C(=O)C(=O)OCC)C(=O)c1ccccc1.CCCCCC(=O)c1ccccc1.CCCCc1c(-c2ccccc2)n[nH]c1C(=O)OCC.CCCCc1c(-c2ccccc2)nn(C)c1C(=O)OCC.CCCCc1c(-c2ccccc2)nn(C)c1CO.CCCCc1c(C(=O)OCC)nn(C)c1-c1ccccc1.CCCCc1c(CO)nn(C)c1-c1ccccc1.[2H]CF. The van der Waals surface area contributed by atoms with E-state index in [-0.39, 0.29) is 49.3 Å². The summed E-state index contributed by atoms with van der Waals surface area (Å²) in [5.41, 5.74) is 20.2. The van der Waals surface area contributed by atoms with Crippen molar-refractivity contribution in [3.05, 3.63) is 280 Å². The fourth-order valence-corrected chi connectivity index (χ4v) is 14.9. The minimum absolute atomic E-state index is 0.0136. The number of esters is 4. The van der Waals surface area contributed by atoms with Gasteiger partial charge in [-0.1, -0.05) is 319 Å². The van der Waals surface area contributed by atoms with Crippen LogP contribution in [-0.4, -0.2) is 134 Å². The maximum Gasteiger partial charge on any atom is 0.375 e. The van der Waals surface area contributed by atoms with Crippen molar-refractivity contribution in [2.24, 2.45) is 34.1 Å². The number of carbonyl (C=O) groups is 7. The number of hydrogen-bond acceptors (Lipinski definition) is 18. The van der Waals surface area contributed by atoms with Crippen LogP contribution in [0.4, 0.5) is 4.39 Å². The fraction of sp³-hybridized carbons (Fsp3) is 0.413. The second-order valence-electron chi connectivity index (χ2n) is 31.4. The third-order valence-electron chi connectivity index (χ3n) is 21.6. The Morgan fingerprint density at radius 3 is 1.21 bits per heavy atom. The number of H-pyrrole nitrogens is 1. The summed E-state index contributed by atoms with van der Waals surface area (Å²) in [5, 5.41) is 44.0. The van der Waals surface area contributed by atoms with Gasteiger partial charge in [-0.2, -0.15) is 25.5 Å². The predicted octanol–water partition coefficient (Wildman–Crippen LogP) is 23.5. The van der Waals surface area contributed by atoms with Crippen molar-refractivity contribution in [1.82, 2.24) is 49.3 Å². The van der Waals surface area contributed by atoms with Gasteiger partial charge in [0.1, 0.15) is 11.4 Å². The topological polar surface area (TPSA) is 297 Å². The number of aryl methyl sites for hydroxylation is 4. The van der Waals surface area contributed by atoms with Crippen LogP contribution in [0.5, 0.6) is 0 Å². The number of hydrogen-bond donors (Lipinski definition) is 3. The van der Waals surface area contributed by atoms with Gasteiger partial charge in [-0.25, -0.2) is 19.2 Å². The number of ketones is 3. The van der Waals surface area contributed by atoms with Gasteiger partial charge in [-0.15, -0.1) is 0 Å². The lowest BCUT2D eigenvalue weighted by atomic mass is 9.89. The zero-order valence-electron chi connectivity index (χ0n) is 82.1. The van der Waals surface area contributed by atoms with Crippen LogP contribution in [0.15, 0.2) is 212 Å². The number of benzene rings is 7. The molecule has 7 aromatic carbocycles. The van der Waals surface area contributed by atoms with E-state index in [1.54, 1.807) is 65.3 Å². The Balaban J connectivity index is 0.000000276. The summed E-state index contributed by atoms with van der Waals surface area (Å²) in [4.78, 5) is 83.8. The highest BCUT2D eigenvalue weighted by molar-refractivity contribution is 6.39. The number of aliphatic hydroxyl groups is 2. The van der Waals surface area contributed by atoms with E-state index in [0.29, 0.717) is 61.7 Å². The van der Waals surface area contributed by atoms with E-state index in [2.05, 4.69) is 96.4 Å². The van der Waals surface area contributed by atoms with Crippen LogP contribution < -0.4 is 0 Å². The van der Waals surface area contributed by atoms with Crippen LogP contribution in [0.2, 0.25) is 0 Å². The highest BCUT2D eigenvalue weighted by Gasteiger charge is 2.33. The Labute approximate surface area is 789 Å². The molecule has 0 aliphatic rings. The molecule has 0 saturated carbocycles. The van der Waals surface area contributed by atoms with Gasteiger partial charge in [0.15, 0.2) is 17.3 Å². The van der Waals surface area contributed by atoms with Crippen LogP contribution in [0.3, 0.4) is 0 Å². The number of nitrogens with one attached hydrogen (secondary N) is 1. The highest BCUT2D eigenvalue weighted by atomic mass is 19.1. The molecule has 133 heavy (non-hydrogen) atoms. The summed E-state index contributed by atoms with van der Waals surface area (Å²) in [6.07, 6.45) is 21.3. The largest absolute Gasteiger partial charge is 0.461 e. The number of nitrogens with zero attached hydrogens (tertiary/aromatic N) is 9. The quantitative estimate of drug-likeness (QED) is 0.00801. The summed E-state index contributed by atoms with van der Waals surface area (Å²) in [6, 6.07) is 68.5. The van der Waals surface area contributed by atoms with E-state index in [9.17, 15) is 48.2 Å². The first-order valence-electron chi connectivity index (χ1n) is 47.8. The van der Waals surface area contributed by atoms with Gasteiger partial charge in [0.2, 0.25) is 0 Å². The molecule has 0 aliphatic carbocycles. The van der Waals surface area contributed by atoms with E-state index in [1.165, 1.54) is 23.1 Å². The average Bonchev–Trinajstić information content (AvgIpc) is 1.61. The summed E-state index contributed by atoms with van der Waals surface area (Å²) >= 11 is 0. The third-order valence-corrected chi connectivity index (χ3v) is 21.6. The van der Waals surface area contributed by atoms with Crippen LogP contribution in [0.25, 0.3) is 56.3 Å². The number of rotatable bonds is 41. The Morgan fingerprint density at radius 2 is 0.759 bits per heavy atom. The molecular weight excluding hydrogens is 1680 g/mol. The maximum atomic E-state index is 12.4. The molecular formula is C109H143FN10O13. The van der Waals surface area contributed by atoms with E-state index >= 15 is 0 Å². The molecule has 0 radical (unpaired) electrons. The van der Waals surface area contributed by atoms with Crippen molar-refractivity contribution in [3.8, 4) is 56.3 Å². The molecule has 1 unspecified atom stereocenters. The third kappa shape index (κ3) is 34.8. The van der Waals surface area contributed by atoms with Crippen molar-refractivity contribution in [1.29, 1.82) is 0 Å². The molecule has 1 atom stereocenters. The molecule has 5 aromatic heterocycles. The van der Waals surface area contributed by atoms with E-state index in [4.69, 9.17) is 20.3 Å². The number of unbranched alkanes of at least 4 members (excludes halogenated alkanes) is 8. The van der Waals surface area contributed by atoms with Gasteiger partial charge in [-0.05, 0) is 105 Å². The number of Topliss-reactive ketones (excluding diaryl/α,β-unsaturated/α-hetero) is 3. The molecule has 0 spiro atoms. The summed E-state index contributed by atoms with van der Waals surface area (Å²) in [7, 11) is 6.51. The van der Waals surface area contributed by atoms with Gasteiger partial charge < -0.3 is 29.2 Å². The molecule has 3 N–H and O–H groups in total. The Morgan fingerprint density at radius 1 is 0.383 bits per heavy atom. The van der Waals surface area contributed by atoms with Crippen LogP contribution in [0.1, 0.15) is 278 Å². The molecule has 23 nitrogen and oxygen atoms in total. The van der Waals surface area contributed by atoms with E-state index in [1.807, 2.05) is 204 Å². The molecule has 0 amide bonds. The molecule has 12 aromatic rings. The average molecular weight is 1820 g/mol. The van der Waals surface area contributed by atoms with Crippen LogP contribution in [-0.2, 0) is 102 Å². The van der Waals surface area contributed by atoms with Gasteiger partial charge in [0, 0.05) is 101 Å². The van der Waals surface area contributed by atoms with Crippen molar-refractivity contribution in [3.63, 3.8) is 0 Å². The lowest BCUT2D eigenvalue weighted by Gasteiger charge is -2.13. The minimum atomic E-state index is -1.00. The van der Waals surface area contributed by atoms with Crippen molar-refractivity contribution in [2.45, 2.75) is 231 Å². The number of aromatic amines is 1. The Kier molecular flexibility index (Phi) is 52.0. The van der Waals surface area contributed by atoms with Crippen molar-refractivity contribution < 1.29 is 68.5 Å². The van der Waals surface area contributed by atoms with Gasteiger partial charge in [-0.3, -0.25) is 42.6 Å². The summed E-state index contributed by atoms with van der Waals surface area (Å²) in [6.45, 7) is 23.2. The lowest BCUT2D eigenvalue weighted by Crippen LogP contribution is -2.31. The molecule has 0 fully saturated rings. The van der Waals surface area contributed by atoms with Gasteiger partial charge >= 0.3 is 23.9 Å². The maximum absolute atomic E-state index is 12.4. The fourth-order valence-electron chi connectivity index (χ4n) is 14.9. The number of aromatic nitrogens is 10.